The first-order chi connectivity index (χ1) is 16.9. The maximum absolute atomic E-state index is 16.8. The average molecular weight is 473 g/mol. The van der Waals surface area contributed by atoms with Gasteiger partial charge in [-0.3, -0.25) is 4.98 Å². The van der Waals surface area contributed by atoms with Crippen LogP contribution >= 0.6 is 0 Å². The number of benzene rings is 1. The topological polar surface area (TPSA) is 51.1 Å². The highest BCUT2D eigenvalue weighted by Crippen LogP contribution is 2.51. The molecular weight excluding hydrogens is 439 g/mol. The van der Waals surface area contributed by atoms with Gasteiger partial charge in [0.1, 0.15) is 29.7 Å². The van der Waals surface area contributed by atoms with Crippen LogP contribution < -0.4 is 9.64 Å². The van der Waals surface area contributed by atoms with Gasteiger partial charge < -0.3 is 9.64 Å². The summed E-state index contributed by atoms with van der Waals surface area (Å²) in [6, 6.07) is 8.54. The van der Waals surface area contributed by atoms with Crippen molar-refractivity contribution < 1.29 is 9.13 Å². The van der Waals surface area contributed by atoms with Crippen LogP contribution in [-0.4, -0.2) is 33.3 Å². The molecule has 0 N–H and O–H groups in total. The Balaban J connectivity index is 1.50. The van der Waals surface area contributed by atoms with Gasteiger partial charge in [-0.1, -0.05) is 13.0 Å². The summed E-state index contributed by atoms with van der Waals surface area (Å²) in [6.07, 6.45) is 6.74. The quantitative estimate of drug-likeness (QED) is 0.450. The SMILES string of the molecule is CCC1C2CN(Cc3cc(-c4cnc(C)c(C)c4)ccc3O2)c2ncnc3c2C(CCC3)C1(C)F. The van der Waals surface area contributed by atoms with Gasteiger partial charge in [0.25, 0.3) is 0 Å². The lowest BCUT2D eigenvalue weighted by Crippen LogP contribution is -2.52. The third-order valence-electron chi connectivity index (χ3n) is 8.57. The first-order valence-electron chi connectivity index (χ1n) is 12.9. The van der Waals surface area contributed by atoms with Gasteiger partial charge in [0.2, 0.25) is 0 Å². The Kier molecular flexibility index (Phi) is 5.31. The number of halogens is 1. The van der Waals surface area contributed by atoms with Gasteiger partial charge in [0, 0.05) is 52.7 Å². The molecule has 1 aliphatic carbocycles. The van der Waals surface area contributed by atoms with Gasteiger partial charge in [-0.25, -0.2) is 14.4 Å². The van der Waals surface area contributed by atoms with E-state index in [4.69, 9.17) is 9.72 Å². The molecule has 2 aliphatic heterocycles. The average Bonchev–Trinajstić information content (AvgIpc) is 3.04. The summed E-state index contributed by atoms with van der Waals surface area (Å²) in [5, 5.41) is 0. The molecule has 35 heavy (non-hydrogen) atoms. The van der Waals surface area contributed by atoms with Gasteiger partial charge in [0.05, 0.1) is 6.54 Å². The molecule has 6 rings (SSSR count). The Bertz CT molecular complexity index is 1290. The van der Waals surface area contributed by atoms with Crippen LogP contribution in [0.4, 0.5) is 10.2 Å². The Morgan fingerprint density at radius 2 is 2.00 bits per heavy atom. The summed E-state index contributed by atoms with van der Waals surface area (Å²) in [4.78, 5) is 16.2. The molecule has 3 aromatic rings. The van der Waals surface area contributed by atoms with Crippen LogP contribution in [-0.2, 0) is 13.0 Å². The number of hydrogen-bond donors (Lipinski definition) is 0. The number of rotatable bonds is 2. The fourth-order valence-electron chi connectivity index (χ4n) is 6.55. The van der Waals surface area contributed by atoms with E-state index < -0.39 is 5.67 Å². The normalized spacial score (nSPS) is 27.1. The van der Waals surface area contributed by atoms with E-state index >= 15 is 4.39 Å². The van der Waals surface area contributed by atoms with Crippen molar-refractivity contribution in [1.82, 2.24) is 15.0 Å². The molecule has 4 atom stereocenters. The van der Waals surface area contributed by atoms with Crippen molar-refractivity contribution in [2.24, 2.45) is 5.92 Å². The first-order valence-corrected chi connectivity index (χ1v) is 12.9. The Labute approximate surface area is 206 Å². The monoisotopic (exact) mass is 472 g/mol. The van der Waals surface area contributed by atoms with Gasteiger partial charge in [-0.2, -0.15) is 0 Å². The molecule has 5 nitrogen and oxygen atoms in total. The van der Waals surface area contributed by atoms with E-state index in [0.29, 0.717) is 13.1 Å². The summed E-state index contributed by atoms with van der Waals surface area (Å²) >= 11 is 0. The highest BCUT2D eigenvalue weighted by molar-refractivity contribution is 5.67. The smallest absolute Gasteiger partial charge is 0.136 e. The second-order valence-electron chi connectivity index (χ2n) is 10.7. The fraction of sp³-hybridized carbons (Fsp3) is 0.483. The van der Waals surface area contributed by atoms with E-state index in [1.54, 1.807) is 13.3 Å². The minimum absolute atomic E-state index is 0.209. The van der Waals surface area contributed by atoms with Crippen molar-refractivity contribution in [3.05, 3.63) is 64.9 Å². The second-order valence-corrected chi connectivity index (χ2v) is 10.7. The Hall–Kier alpha value is -3.02. The molecule has 0 radical (unpaired) electrons. The molecule has 0 saturated heterocycles. The van der Waals surface area contributed by atoms with E-state index in [9.17, 15) is 0 Å². The number of pyridine rings is 1. The van der Waals surface area contributed by atoms with Gasteiger partial charge in [-0.15, -0.1) is 0 Å². The third kappa shape index (κ3) is 3.60. The lowest BCUT2D eigenvalue weighted by Gasteiger charge is -2.46. The lowest BCUT2D eigenvalue weighted by atomic mass is 9.67. The predicted molar refractivity (Wildman–Crippen MR) is 136 cm³/mol. The minimum Gasteiger partial charge on any atom is -0.488 e. The summed E-state index contributed by atoms with van der Waals surface area (Å²) in [7, 11) is 0. The zero-order valence-electron chi connectivity index (χ0n) is 21.0. The molecule has 2 bridgehead atoms. The minimum atomic E-state index is -1.39. The Morgan fingerprint density at radius 1 is 1.14 bits per heavy atom. The van der Waals surface area contributed by atoms with Crippen molar-refractivity contribution in [1.29, 1.82) is 0 Å². The molecule has 0 fully saturated rings. The maximum atomic E-state index is 16.8. The molecule has 182 valence electrons. The fourth-order valence-corrected chi connectivity index (χ4v) is 6.55. The van der Waals surface area contributed by atoms with Crippen LogP contribution in [0, 0.1) is 19.8 Å². The van der Waals surface area contributed by atoms with Gasteiger partial charge in [-0.05, 0) is 75.8 Å². The largest absolute Gasteiger partial charge is 0.488 e. The number of aromatic nitrogens is 3. The Morgan fingerprint density at radius 3 is 2.80 bits per heavy atom. The number of ether oxygens (including phenoxy) is 1. The van der Waals surface area contributed by atoms with Crippen LogP contribution in [0.15, 0.2) is 36.8 Å². The van der Waals surface area contributed by atoms with Gasteiger partial charge >= 0.3 is 0 Å². The molecule has 0 saturated carbocycles. The summed E-state index contributed by atoms with van der Waals surface area (Å²) < 4.78 is 23.5. The zero-order chi connectivity index (χ0) is 24.3. The van der Waals surface area contributed by atoms with Crippen LogP contribution in [0.3, 0.4) is 0 Å². The number of aryl methyl sites for hydroxylation is 3. The highest BCUT2D eigenvalue weighted by atomic mass is 19.1. The molecule has 3 aliphatic rings. The first kappa shape index (κ1) is 22.4. The van der Waals surface area contributed by atoms with Crippen LogP contribution in [0.5, 0.6) is 5.75 Å². The van der Waals surface area contributed by atoms with Crippen molar-refractivity contribution in [3.63, 3.8) is 0 Å². The zero-order valence-corrected chi connectivity index (χ0v) is 21.0. The van der Waals surface area contributed by atoms with E-state index in [-0.39, 0.29) is 17.9 Å². The van der Waals surface area contributed by atoms with Crippen molar-refractivity contribution in [3.8, 4) is 16.9 Å². The number of hydrogen-bond acceptors (Lipinski definition) is 5. The summed E-state index contributed by atoms with van der Waals surface area (Å²) in [6.45, 7) is 9.29. The summed E-state index contributed by atoms with van der Waals surface area (Å²) in [5.41, 5.74) is 6.17. The number of fused-ring (bicyclic) bond motifs is 4. The van der Waals surface area contributed by atoms with Gasteiger partial charge in [0.15, 0.2) is 0 Å². The number of alkyl halides is 1. The van der Waals surface area contributed by atoms with Crippen LogP contribution in [0.25, 0.3) is 11.1 Å². The molecule has 2 aromatic heterocycles. The predicted octanol–water partition coefficient (Wildman–Crippen LogP) is 6.11. The van der Waals surface area contributed by atoms with Crippen molar-refractivity contribution >= 4 is 5.82 Å². The van der Waals surface area contributed by atoms with Crippen molar-refractivity contribution in [2.75, 3.05) is 11.4 Å². The molecule has 4 unspecified atom stereocenters. The summed E-state index contributed by atoms with van der Waals surface area (Å²) in [5.74, 6) is 1.30. The third-order valence-corrected chi connectivity index (χ3v) is 8.57. The van der Waals surface area contributed by atoms with E-state index in [1.807, 2.05) is 13.1 Å². The van der Waals surface area contributed by atoms with E-state index in [1.165, 1.54) is 5.56 Å². The van der Waals surface area contributed by atoms with Crippen LogP contribution in [0.2, 0.25) is 0 Å². The number of nitrogens with zero attached hydrogens (tertiary/aromatic N) is 4. The standard InChI is InChI=1S/C29H33FN4O/c1-5-22-26-15-34(28-27-23(29(22,4)30)7-6-8-24(27)32-16-33-28)14-21-12-19(9-10-25(21)35-26)20-11-17(2)18(3)31-13-20/h9-13,16,22-23,26H,5-8,14-15H2,1-4H3. The van der Waals surface area contributed by atoms with E-state index in [0.717, 1.165) is 70.9 Å². The second kappa shape index (κ2) is 8.28. The van der Waals surface area contributed by atoms with Crippen LogP contribution in [0.1, 0.15) is 67.1 Å². The highest BCUT2D eigenvalue weighted by Gasteiger charge is 2.51. The van der Waals surface area contributed by atoms with E-state index in [2.05, 4.69) is 53.0 Å². The molecule has 1 aromatic carbocycles. The molecule has 6 heteroatoms. The molecular formula is C29H33FN4O. The maximum Gasteiger partial charge on any atom is 0.136 e. The molecule has 0 amide bonds. The van der Waals surface area contributed by atoms with Crippen molar-refractivity contribution in [2.45, 2.75) is 77.6 Å². The molecule has 4 heterocycles. The molecule has 0 spiro atoms. The number of anilines is 1. The lowest BCUT2D eigenvalue weighted by molar-refractivity contribution is -0.0105.